The average molecular weight is 210 g/mol. The van der Waals surface area contributed by atoms with E-state index in [9.17, 15) is 0 Å². The first-order chi connectivity index (χ1) is 5.80. The quantitative estimate of drug-likeness (QED) is 0.447. The molecule has 8 heteroatoms. The molecule has 0 saturated heterocycles. The Hall–Kier alpha value is -0.990. The first-order valence-corrected chi connectivity index (χ1v) is 4.22. The average Bonchev–Trinajstić information content (AvgIpc) is 1.92. The first kappa shape index (κ1) is 12.0. The van der Waals surface area contributed by atoms with Crippen molar-refractivity contribution in [3.8, 4) is 0 Å². The maximum Gasteiger partial charge on any atom is 0.221 e. The zero-order valence-electron chi connectivity index (χ0n) is 6.68. The Morgan fingerprint density at radius 3 is 2.23 bits per heavy atom. The summed E-state index contributed by atoms with van der Waals surface area (Å²) in [5.74, 6) is 0. The van der Waals surface area contributed by atoms with Gasteiger partial charge in [-0.15, -0.1) is 0 Å². The standard InChI is InChI=1S/C5H7N3.ClHO4/c1-8-4-2-3-7-5(8)6;2-1(3,4)5/h2-4,6H,1H3;(H,2,3,4,5). The first-order valence-electron chi connectivity index (χ1n) is 2.96. The molecule has 1 heterocycles. The van der Waals surface area contributed by atoms with Crippen LogP contribution in [0.1, 0.15) is 0 Å². The molecule has 0 atom stereocenters. The van der Waals surface area contributed by atoms with E-state index in [0.717, 1.165) is 0 Å². The second-order valence-corrected chi connectivity index (χ2v) is 2.74. The highest BCUT2D eigenvalue weighted by atomic mass is 35.7. The Bertz CT molecular complexity index is 301. The summed E-state index contributed by atoms with van der Waals surface area (Å²) in [4.78, 5) is 3.71. The van der Waals surface area contributed by atoms with E-state index in [1.54, 1.807) is 30.1 Å². The van der Waals surface area contributed by atoms with Crippen LogP contribution in [0.2, 0.25) is 0 Å². The molecule has 0 spiro atoms. The van der Waals surface area contributed by atoms with Gasteiger partial charge in [0.05, 0.1) is 14.9 Å². The van der Waals surface area contributed by atoms with Gasteiger partial charge in [-0.25, -0.2) is 4.98 Å². The van der Waals surface area contributed by atoms with Crippen molar-refractivity contribution in [1.82, 2.24) is 9.55 Å². The van der Waals surface area contributed by atoms with Crippen LogP contribution in [-0.2, 0) is 7.05 Å². The number of hydrogen-bond donors (Lipinski definition) is 2. The molecule has 1 aromatic rings. The number of halogens is 1. The van der Waals surface area contributed by atoms with E-state index in [0.29, 0.717) is 0 Å². The molecule has 0 aliphatic heterocycles. The summed E-state index contributed by atoms with van der Waals surface area (Å²) in [7, 11) is -2.91. The fraction of sp³-hybridized carbons (Fsp3) is 0.200. The fourth-order valence-corrected chi connectivity index (χ4v) is 0.443. The molecule has 74 valence electrons. The highest BCUT2D eigenvalue weighted by Gasteiger charge is 1.98. The lowest BCUT2D eigenvalue weighted by molar-refractivity contribution is -1.92. The summed E-state index contributed by atoms with van der Waals surface area (Å²) in [6.45, 7) is 0. The monoisotopic (exact) mass is 209 g/mol. The lowest BCUT2D eigenvalue weighted by atomic mass is 10.7. The van der Waals surface area contributed by atoms with Crippen LogP contribution in [0.15, 0.2) is 18.5 Å². The van der Waals surface area contributed by atoms with E-state index in [-0.39, 0.29) is 5.62 Å². The Kier molecular flexibility index (Phi) is 4.52. The normalized spacial score (nSPS) is 10.2. The summed E-state index contributed by atoms with van der Waals surface area (Å²) < 4.78 is 34.4. The van der Waals surface area contributed by atoms with Crippen LogP contribution < -0.4 is 19.6 Å². The molecule has 1 aromatic heterocycles. The zero-order chi connectivity index (χ0) is 10.5. The van der Waals surface area contributed by atoms with Gasteiger partial charge >= 0.3 is 0 Å². The van der Waals surface area contributed by atoms with Gasteiger partial charge in [0.1, 0.15) is 0 Å². The van der Waals surface area contributed by atoms with Crippen molar-refractivity contribution in [3.63, 3.8) is 0 Å². The van der Waals surface area contributed by atoms with E-state index in [1.807, 2.05) is 0 Å². The zero-order valence-corrected chi connectivity index (χ0v) is 7.43. The number of hydrogen-bond acceptors (Lipinski definition) is 6. The molecule has 1 rings (SSSR count). The van der Waals surface area contributed by atoms with Gasteiger partial charge in [0.2, 0.25) is 5.62 Å². The molecular formula is C5H8ClN3O4. The van der Waals surface area contributed by atoms with Crippen molar-refractivity contribution in [2.24, 2.45) is 7.05 Å². The summed E-state index contributed by atoms with van der Waals surface area (Å²) >= 11 is 0. The molecule has 0 unspecified atom stereocenters. The third kappa shape index (κ3) is 8.92. The molecule has 0 saturated carbocycles. The molecule has 0 amide bonds. The number of aromatic nitrogens is 2. The largest absolute Gasteiger partial charge is 0.321 e. The molecule has 0 aliphatic carbocycles. The van der Waals surface area contributed by atoms with E-state index >= 15 is 0 Å². The molecule has 13 heavy (non-hydrogen) atoms. The number of nitrogens with one attached hydrogen (secondary N) is 1. The molecule has 0 aliphatic rings. The van der Waals surface area contributed by atoms with E-state index in [1.165, 1.54) is 0 Å². The van der Waals surface area contributed by atoms with Crippen molar-refractivity contribution >= 4 is 0 Å². The van der Waals surface area contributed by atoms with Gasteiger partial charge in [-0.3, -0.25) is 5.41 Å². The molecule has 0 aromatic carbocycles. The Morgan fingerprint density at radius 1 is 1.54 bits per heavy atom. The molecule has 0 radical (unpaired) electrons. The van der Waals surface area contributed by atoms with Crippen LogP contribution in [0, 0.1) is 15.7 Å². The third-order valence-corrected chi connectivity index (χ3v) is 0.927. The van der Waals surface area contributed by atoms with Gasteiger partial charge in [0.15, 0.2) is 0 Å². The highest BCUT2D eigenvalue weighted by molar-refractivity contribution is 4.77. The van der Waals surface area contributed by atoms with Gasteiger partial charge in [-0.1, -0.05) is 0 Å². The van der Waals surface area contributed by atoms with E-state index < -0.39 is 10.2 Å². The predicted molar refractivity (Wildman–Crippen MR) is 31.3 cm³/mol. The second kappa shape index (κ2) is 4.90. The summed E-state index contributed by atoms with van der Waals surface area (Å²) in [6.07, 6.45) is 3.39. The van der Waals surface area contributed by atoms with Crippen LogP contribution in [0.25, 0.3) is 0 Å². The molecule has 7 nitrogen and oxygen atoms in total. The van der Waals surface area contributed by atoms with Crippen LogP contribution in [0.4, 0.5) is 0 Å². The van der Waals surface area contributed by atoms with Crippen molar-refractivity contribution in [1.29, 1.82) is 5.41 Å². The molecular weight excluding hydrogens is 202 g/mol. The maximum atomic E-state index is 8.60. The molecule has 2 N–H and O–H groups in total. The van der Waals surface area contributed by atoms with Crippen molar-refractivity contribution in [3.05, 3.63) is 24.1 Å². The topological polar surface area (TPSA) is 131 Å². The summed E-state index contributed by atoms with van der Waals surface area (Å²) in [5, 5.41) is 7.07. The van der Waals surface area contributed by atoms with Crippen LogP contribution >= 0.6 is 0 Å². The number of nitrogens with zero attached hydrogens (tertiary/aromatic N) is 2. The Balaban J connectivity index is 0.000000252. The van der Waals surface area contributed by atoms with Crippen molar-refractivity contribution in [2.45, 2.75) is 0 Å². The van der Waals surface area contributed by atoms with Crippen molar-refractivity contribution < 1.29 is 28.9 Å². The van der Waals surface area contributed by atoms with Gasteiger partial charge in [0, 0.05) is 19.4 Å². The third-order valence-electron chi connectivity index (χ3n) is 0.927. The maximum absolute atomic E-state index is 8.60. The highest BCUT2D eigenvalue weighted by Crippen LogP contribution is 1.68. The van der Waals surface area contributed by atoms with Crippen LogP contribution in [0.3, 0.4) is 0 Å². The summed E-state index contributed by atoms with van der Waals surface area (Å²) in [5.41, 5.74) is 0.285. The fourth-order valence-electron chi connectivity index (χ4n) is 0.443. The molecule has 0 fully saturated rings. The van der Waals surface area contributed by atoms with E-state index in [2.05, 4.69) is 4.98 Å². The van der Waals surface area contributed by atoms with Gasteiger partial charge < -0.3 is 4.57 Å². The summed E-state index contributed by atoms with van der Waals surface area (Å²) in [6, 6.07) is 1.79. The Morgan fingerprint density at radius 2 is 2.00 bits per heavy atom. The minimum atomic E-state index is -4.69. The van der Waals surface area contributed by atoms with Crippen LogP contribution in [-0.4, -0.2) is 14.2 Å². The lowest BCUT2D eigenvalue weighted by Crippen LogP contribution is -2.58. The minimum absolute atomic E-state index is 0.285. The lowest BCUT2D eigenvalue weighted by Gasteiger charge is -2.03. The molecule has 0 bridgehead atoms. The van der Waals surface area contributed by atoms with Gasteiger partial charge in [0.25, 0.3) is 0 Å². The second-order valence-electron chi connectivity index (χ2n) is 1.95. The Labute approximate surface area is 75.8 Å². The number of aryl methyl sites for hydroxylation is 1. The van der Waals surface area contributed by atoms with Gasteiger partial charge in [-0.2, -0.15) is 14.0 Å². The minimum Gasteiger partial charge on any atom is -0.321 e. The SMILES string of the molecule is Cn1cccnc1=N.[O-][Cl+3]([O-])([O-])O. The number of rotatable bonds is 0. The van der Waals surface area contributed by atoms with E-state index in [4.69, 9.17) is 24.0 Å². The van der Waals surface area contributed by atoms with Crippen molar-refractivity contribution in [2.75, 3.05) is 0 Å². The predicted octanol–water partition coefficient (Wildman–Crippen LogP) is -4.22. The smallest absolute Gasteiger partial charge is 0.221 e. The van der Waals surface area contributed by atoms with Crippen LogP contribution in [0.5, 0.6) is 0 Å². The van der Waals surface area contributed by atoms with Gasteiger partial charge in [-0.05, 0) is 6.07 Å².